The molecule has 1 amide bonds. The van der Waals surface area contributed by atoms with Crippen LogP contribution >= 0.6 is 0 Å². The van der Waals surface area contributed by atoms with E-state index in [-0.39, 0.29) is 5.91 Å². The zero-order valence-electron chi connectivity index (χ0n) is 12.1. The van der Waals surface area contributed by atoms with Crippen LogP contribution in [0.2, 0.25) is 0 Å². The number of unbranched alkanes of at least 4 members (excludes halogenated alkanes) is 4. The SMILES string of the molecule is CCCCCCCC(=O)NCC1CCC(C)NC1. The van der Waals surface area contributed by atoms with Gasteiger partial charge in [0.2, 0.25) is 5.91 Å². The first-order valence-corrected chi connectivity index (χ1v) is 7.72. The van der Waals surface area contributed by atoms with Crippen LogP contribution in [0.15, 0.2) is 0 Å². The van der Waals surface area contributed by atoms with Gasteiger partial charge in [-0.15, -0.1) is 0 Å². The van der Waals surface area contributed by atoms with Crippen LogP contribution in [0.5, 0.6) is 0 Å². The highest BCUT2D eigenvalue weighted by atomic mass is 16.1. The fraction of sp³-hybridized carbons (Fsp3) is 0.933. The van der Waals surface area contributed by atoms with Crippen molar-refractivity contribution in [3.05, 3.63) is 0 Å². The first kappa shape index (κ1) is 15.5. The summed E-state index contributed by atoms with van der Waals surface area (Å²) in [4.78, 5) is 11.7. The van der Waals surface area contributed by atoms with Gasteiger partial charge >= 0.3 is 0 Å². The molecule has 2 N–H and O–H groups in total. The molecule has 1 heterocycles. The lowest BCUT2D eigenvalue weighted by molar-refractivity contribution is -0.121. The summed E-state index contributed by atoms with van der Waals surface area (Å²) in [7, 11) is 0. The predicted molar refractivity (Wildman–Crippen MR) is 76.6 cm³/mol. The second-order valence-electron chi connectivity index (χ2n) is 5.72. The molecule has 0 bridgehead atoms. The zero-order valence-corrected chi connectivity index (χ0v) is 12.1. The Hall–Kier alpha value is -0.570. The van der Waals surface area contributed by atoms with Gasteiger partial charge in [-0.2, -0.15) is 0 Å². The molecule has 1 rings (SSSR count). The Kier molecular flexibility index (Phi) is 8.06. The molecule has 0 aliphatic carbocycles. The van der Waals surface area contributed by atoms with Gasteiger partial charge in [0.05, 0.1) is 0 Å². The molecule has 1 aliphatic heterocycles. The first-order valence-electron chi connectivity index (χ1n) is 7.72. The Labute approximate surface area is 112 Å². The van der Waals surface area contributed by atoms with Crippen LogP contribution in [-0.4, -0.2) is 25.0 Å². The second kappa shape index (κ2) is 9.37. The van der Waals surface area contributed by atoms with Crippen LogP contribution in [0.3, 0.4) is 0 Å². The summed E-state index contributed by atoms with van der Waals surface area (Å²) in [5.74, 6) is 0.871. The summed E-state index contributed by atoms with van der Waals surface area (Å²) >= 11 is 0. The third-order valence-corrected chi connectivity index (χ3v) is 3.86. The molecule has 2 unspecified atom stereocenters. The van der Waals surface area contributed by atoms with Crippen molar-refractivity contribution < 1.29 is 4.79 Å². The lowest BCUT2D eigenvalue weighted by Gasteiger charge is -2.27. The van der Waals surface area contributed by atoms with E-state index in [9.17, 15) is 4.79 Å². The molecule has 0 aromatic carbocycles. The van der Waals surface area contributed by atoms with E-state index in [1.807, 2.05) is 0 Å². The number of nitrogens with one attached hydrogen (secondary N) is 2. The summed E-state index contributed by atoms with van der Waals surface area (Å²) < 4.78 is 0. The highest BCUT2D eigenvalue weighted by molar-refractivity contribution is 5.75. The van der Waals surface area contributed by atoms with Crippen molar-refractivity contribution in [2.75, 3.05) is 13.1 Å². The number of piperidine rings is 1. The summed E-state index contributed by atoms with van der Waals surface area (Å²) in [6, 6.07) is 0.649. The molecular formula is C15H30N2O. The van der Waals surface area contributed by atoms with Crippen LogP contribution < -0.4 is 10.6 Å². The molecule has 1 aliphatic rings. The lowest BCUT2D eigenvalue weighted by Crippen LogP contribution is -2.41. The number of hydrogen-bond acceptors (Lipinski definition) is 2. The number of carbonyl (C=O) groups excluding carboxylic acids is 1. The fourth-order valence-corrected chi connectivity index (χ4v) is 2.47. The molecule has 0 radical (unpaired) electrons. The maximum absolute atomic E-state index is 11.7. The average Bonchev–Trinajstić information content (AvgIpc) is 2.38. The maximum Gasteiger partial charge on any atom is 0.220 e. The van der Waals surface area contributed by atoms with E-state index in [0.717, 1.165) is 19.5 Å². The summed E-state index contributed by atoms with van der Waals surface area (Å²) in [6.45, 7) is 6.35. The number of hydrogen-bond donors (Lipinski definition) is 2. The van der Waals surface area contributed by atoms with Crippen LogP contribution in [0.4, 0.5) is 0 Å². The summed E-state index contributed by atoms with van der Waals surface area (Å²) in [5, 5.41) is 6.55. The predicted octanol–water partition coefficient (Wildman–Crippen LogP) is 2.85. The van der Waals surface area contributed by atoms with Crippen molar-refractivity contribution in [1.29, 1.82) is 0 Å². The van der Waals surface area contributed by atoms with Crippen molar-refractivity contribution in [3.63, 3.8) is 0 Å². The Balaban J connectivity index is 1.96. The van der Waals surface area contributed by atoms with Crippen LogP contribution in [0.25, 0.3) is 0 Å². The van der Waals surface area contributed by atoms with Gasteiger partial charge in [-0.05, 0) is 38.6 Å². The molecule has 1 saturated heterocycles. The van der Waals surface area contributed by atoms with Crippen molar-refractivity contribution in [2.45, 2.75) is 71.3 Å². The van der Waals surface area contributed by atoms with E-state index in [2.05, 4.69) is 24.5 Å². The van der Waals surface area contributed by atoms with Crippen LogP contribution in [0, 0.1) is 5.92 Å². The van der Waals surface area contributed by atoms with E-state index in [1.54, 1.807) is 0 Å². The Morgan fingerprint density at radius 3 is 2.67 bits per heavy atom. The molecule has 2 atom stereocenters. The third-order valence-electron chi connectivity index (χ3n) is 3.86. The van der Waals surface area contributed by atoms with Gasteiger partial charge in [0.1, 0.15) is 0 Å². The monoisotopic (exact) mass is 254 g/mol. The smallest absolute Gasteiger partial charge is 0.220 e. The molecule has 18 heavy (non-hydrogen) atoms. The van der Waals surface area contributed by atoms with Gasteiger partial charge in [-0.25, -0.2) is 0 Å². The molecular weight excluding hydrogens is 224 g/mol. The van der Waals surface area contributed by atoms with E-state index in [4.69, 9.17) is 0 Å². The van der Waals surface area contributed by atoms with Crippen molar-refractivity contribution in [1.82, 2.24) is 10.6 Å². The summed E-state index contributed by atoms with van der Waals surface area (Å²) in [5.41, 5.74) is 0. The highest BCUT2D eigenvalue weighted by Gasteiger charge is 2.17. The molecule has 0 aromatic heterocycles. The first-order chi connectivity index (χ1) is 8.72. The van der Waals surface area contributed by atoms with Crippen LogP contribution in [-0.2, 0) is 4.79 Å². The summed E-state index contributed by atoms with van der Waals surface area (Å²) in [6.07, 6.45) is 9.26. The Bertz CT molecular complexity index is 223. The Morgan fingerprint density at radius 2 is 2.00 bits per heavy atom. The lowest BCUT2D eigenvalue weighted by atomic mass is 9.95. The molecule has 0 saturated carbocycles. The Morgan fingerprint density at radius 1 is 1.22 bits per heavy atom. The number of rotatable bonds is 8. The standard InChI is InChI=1S/C15H30N2O/c1-3-4-5-6-7-8-15(18)17-12-14-10-9-13(2)16-11-14/h13-14,16H,3-12H2,1-2H3,(H,17,18). The zero-order chi connectivity index (χ0) is 13.2. The maximum atomic E-state index is 11.7. The van der Waals surface area contributed by atoms with Crippen molar-refractivity contribution in [2.24, 2.45) is 5.92 Å². The van der Waals surface area contributed by atoms with Gasteiger partial charge in [-0.1, -0.05) is 32.6 Å². The fourth-order valence-electron chi connectivity index (χ4n) is 2.47. The normalized spacial score (nSPS) is 23.9. The topological polar surface area (TPSA) is 41.1 Å². The van der Waals surface area contributed by atoms with Gasteiger partial charge < -0.3 is 10.6 Å². The van der Waals surface area contributed by atoms with Gasteiger partial charge in [-0.3, -0.25) is 4.79 Å². The minimum atomic E-state index is 0.241. The second-order valence-corrected chi connectivity index (χ2v) is 5.72. The minimum Gasteiger partial charge on any atom is -0.356 e. The molecule has 106 valence electrons. The van der Waals surface area contributed by atoms with E-state index in [1.165, 1.54) is 38.5 Å². The highest BCUT2D eigenvalue weighted by Crippen LogP contribution is 2.13. The molecule has 0 aromatic rings. The van der Waals surface area contributed by atoms with Gasteiger partial charge in [0.15, 0.2) is 0 Å². The molecule has 0 spiro atoms. The van der Waals surface area contributed by atoms with E-state index >= 15 is 0 Å². The largest absolute Gasteiger partial charge is 0.356 e. The van der Waals surface area contributed by atoms with E-state index < -0.39 is 0 Å². The van der Waals surface area contributed by atoms with Crippen molar-refractivity contribution >= 4 is 5.91 Å². The van der Waals surface area contributed by atoms with Gasteiger partial charge in [0, 0.05) is 19.0 Å². The number of carbonyl (C=O) groups is 1. The van der Waals surface area contributed by atoms with Crippen molar-refractivity contribution in [3.8, 4) is 0 Å². The molecule has 1 fully saturated rings. The van der Waals surface area contributed by atoms with Crippen LogP contribution in [0.1, 0.15) is 65.2 Å². The quantitative estimate of drug-likeness (QED) is 0.654. The van der Waals surface area contributed by atoms with Gasteiger partial charge in [0.25, 0.3) is 0 Å². The molecule has 3 nitrogen and oxygen atoms in total. The molecule has 3 heteroatoms. The third kappa shape index (κ3) is 7.00. The average molecular weight is 254 g/mol. The van der Waals surface area contributed by atoms with E-state index in [0.29, 0.717) is 18.4 Å². The number of amides is 1. The minimum absolute atomic E-state index is 0.241.